The van der Waals surface area contributed by atoms with Gasteiger partial charge in [0.15, 0.2) is 0 Å². The normalized spacial score (nSPS) is 16.3. The molecule has 0 aliphatic carbocycles. The summed E-state index contributed by atoms with van der Waals surface area (Å²) in [5.74, 6) is 0.750. The van der Waals surface area contributed by atoms with Crippen LogP contribution in [-0.2, 0) is 6.42 Å². The fourth-order valence-corrected chi connectivity index (χ4v) is 4.49. The molecule has 1 saturated heterocycles. The van der Waals surface area contributed by atoms with Crippen LogP contribution in [0.1, 0.15) is 35.2 Å². The highest BCUT2D eigenvalue weighted by molar-refractivity contribution is 5.95. The van der Waals surface area contributed by atoms with Gasteiger partial charge >= 0.3 is 0 Å². The molecular formula is C26H25N3O. The molecule has 0 radical (unpaired) electrons. The molecule has 2 aromatic carbocycles. The summed E-state index contributed by atoms with van der Waals surface area (Å²) in [6.45, 7) is 1.65. The van der Waals surface area contributed by atoms with Crippen LogP contribution in [0.2, 0.25) is 0 Å². The quantitative estimate of drug-likeness (QED) is 0.600. The molecule has 30 heavy (non-hydrogen) atoms. The summed E-state index contributed by atoms with van der Waals surface area (Å²) in [4.78, 5) is 24.1. The van der Waals surface area contributed by atoms with E-state index in [4.69, 9.17) is 4.99 Å². The number of pyridine rings is 1. The van der Waals surface area contributed by atoms with Gasteiger partial charge in [0.25, 0.3) is 5.91 Å². The Hall–Kier alpha value is -3.27. The van der Waals surface area contributed by atoms with Gasteiger partial charge in [0.05, 0.1) is 11.4 Å². The predicted octanol–water partition coefficient (Wildman–Crippen LogP) is 5.32. The smallest absolute Gasteiger partial charge is 0.253 e. The number of likely N-dealkylation sites (tertiary alicyclic amines) is 1. The molecule has 0 spiro atoms. The molecule has 2 aliphatic heterocycles. The number of fused-ring (bicyclic) bond motifs is 1. The molecule has 0 N–H and O–H groups in total. The highest BCUT2D eigenvalue weighted by Crippen LogP contribution is 2.30. The van der Waals surface area contributed by atoms with Gasteiger partial charge in [0.1, 0.15) is 0 Å². The van der Waals surface area contributed by atoms with E-state index in [1.54, 1.807) is 6.20 Å². The zero-order chi connectivity index (χ0) is 20.3. The van der Waals surface area contributed by atoms with Crippen LogP contribution in [0.5, 0.6) is 0 Å². The van der Waals surface area contributed by atoms with E-state index in [1.165, 1.54) is 11.3 Å². The summed E-state index contributed by atoms with van der Waals surface area (Å²) >= 11 is 0. The van der Waals surface area contributed by atoms with Crippen molar-refractivity contribution in [1.82, 2.24) is 9.88 Å². The summed E-state index contributed by atoms with van der Waals surface area (Å²) < 4.78 is 0. The standard InChI is InChI=1S/C26H25N3O/c30-26(21-10-8-20(9-11-21)24-6-3-4-14-27-24)29-15-12-19(13-16-29)17-23-18-22-5-1-2-7-25(22)28-23/h1-11,14,19H,12-13,15-18H2. The largest absolute Gasteiger partial charge is 0.339 e. The van der Waals surface area contributed by atoms with E-state index in [1.807, 2.05) is 47.4 Å². The van der Waals surface area contributed by atoms with Crippen LogP contribution in [0.4, 0.5) is 5.69 Å². The number of carbonyl (C=O) groups is 1. The minimum Gasteiger partial charge on any atom is -0.339 e. The minimum atomic E-state index is 0.131. The van der Waals surface area contributed by atoms with E-state index in [0.717, 1.165) is 61.3 Å². The maximum atomic E-state index is 12.9. The third-order valence-corrected chi connectivity index (χ3v) is 6.18. The van der Waals surface area contributed by atoms with Crippen LogP contribution in [-0.4, -0.2) is 34.6 Å². The van der Waals surface area contributed by atoms with Crippen LogP contribution >= 0.6 is 0 Å². The number of aliphatic imine (C=N–C) groups is 1. The Morgan fingerprint density at radius 1 is 0.933 bits per heavy atom. The highest BCUT2D eigenvalue weighted by Gasteiger charge is 2.26. The van der Waals surface area contributed by atoms with Gasteiger partial charge in [-0.25, -0.2) is 0 Å². The topological polar surface area (TPSA) is 45.6 Å². The van der Waals surface area contributed by atoms with Crippen molar-refractivity contribution in [3.05, 3.63) is 84.1 Å². The molecule has 0 unspecified atom stereocenters. The number of hydrogen-bond acceptors (Lipinski definition) is 3. The molecule has 0 saturated carbocycles. The van der Waals surface area contributed by atoms with Gasteiger partial charge in [-0.2, -0.15) is 0 Å². The van der Waals surface area contributed by atoms with Gasteiger partial charge < -0.3 is 4.90 Å². The Labute approximate surface area is 177 Å². The van der Waals surface area contributed by atoms with Crippen LogP contribution in [0, 0.1) is 5.92 Å². The predicted molar refractivity (Wildman–Crippen MR) is 120 cm³/mol. The lowest BCUT2D eigenvalue weighted by Gasteiger charge is -2.32. The lowest BCUT2D eigenvalue weighted by atomic mass is 9.90. The molecule has 150 valence electrons. The SMILES string of the molecule is O=C(c1ccc(-c2ccccn2)cc1)N1CCC(CC2=Nc3ccccc3C2)CC1. The molecule has 0 atom stereocenters. The Bertz CT molecular complexity index is 1060. The van der Waals surface area contributed by atoms with Crippen molar-refractivity contribution in [1.29, 1.82) is 0 Å². The van der Waals surface area contributed by atoms with E-state index in [2.05, 4.69) is 29.2 Å². The van der Waals surface area contributed by atoms with Crippen molar-refractivity contribution in [2.75, 3.05) is 13.1 Å². The zero-order valence-corrected chi connectivity index (χ0v) is 17.0. The summed E-state index contributed by atoms with van der Waals surface area (Å²) in [5, 5.41) is 0. The van der Waals surface area contributed by atoms with Gasteiger partial charge in [-0.3, -0.25) is 14.8 Å². The molecule has 1 fully saturated rings. The van der Waals surface area contributed by atoms with Gasteiger partial charge in [0.2, 0.25) is 0 Å². The molecule has 4 heteroatoms. The molecule has 5 rings (SSSR count). The molecule has 1 aromatic heterocycles. The molecule has 3 heterocycles. The number of para-hydroxylation sites is 1. The summed E-state index contributed by atoms with van der Waals surface area (Å²) in [6.07, 6.45) is 5.92. The number of hydrogen-bond donors (Lipinski definition) is 0. The summed E-state index contributed by atoms with van der Waals surface area (Å²) in [6, 6.07) is 22.1. The first-order valence-corrected chi connectivity index (χ1v) is 10.7. The first-order valence-electron chi connectivity index (χ1n) is 10.7. The van der Waals surface area contributed by atoms with Crippen LogP contribution < -0.4 is 0 Å². The number of piperidine rings is 1. The maximum Gasteiger partial charge on any atom is 0.253 e. The van der Waals surface area contributed by atoms with Crippen LogP contribution in [0.3, 0.4) is 0 Å². The van der Waals surface area contributed by atoms with Gasteiger partial charge in [-0.1, -0.05) is 36.4 Å². The first kappa shape index (κ1) is 18.7. The number of aromatic nitrogens is 1. The second-order valence-corrected chi connectivity index (χ2v) is 8.22. The Morgan fingerprint density at radius 3 is 2.43 bits per heavy atom. The number of benzene rings is 2. The third-order valence-electron chi connectivity index (χ3n) is 6.18. The number of rotatable bonds is 4. The molecule has 3 aromatic rings. The molecule has 0 bridgehead atoms. The van der Waals surface area contributed by atoms with E-state index < -0.39 is 0 Å². The Morgan fingerprint density at radius 2 is 1.70 bits per heavy atom. The second kappa shape index (κ2) is 8.23. The van der Waals surface area contributed by atoms with Crippen LogP contribution in [0.15, 0.2) is 77.9 Å². The second-order valence-electron chi connectivity index (χ2n) is 8.22. The fourth-order valence-electron chi connectivity index (χ4n) is 4.49. The summed E-state index contributed by atoms with van der Waals surface area (Å²) in [7, 11) is 0. The number of nitrogens with zero attached hydrogens (tertiary/aromatic N) is 3. The monoisotopic (exact) mass is 395 g/mol. The Balaban J connectivity index is 1.16. The van der Waals surface area contributed by atoms with Gasteiger partial charge in [-0.05, 0) is 61.1 Å². The highest BCUT2D eigenvalue weighted by atomic mass is 16.2. The molecule has 1 amide bonds. The lowest BCUT2D eigenvalue weighted by Crippen LogP contribution is -2.38. The van der Waals surface area contributed by atoms with Crippen molar-refractivity contribution in [3.8, 4) is 11.3 Å². The first-order chi connectivity index (χ1) is 14.8. The molecule has 2 aliphatic rings. The molecule has 4 nitrogen and oxygen atoms in total. The van der Waals surface area contributed by atoms with Crippen molar-refractivity contribution in [3.63, 3.8) is 0 Å². The van der Waals surface area contributed by atoms with Crippen molar-refractivity contribution in [2.24, 2.45) is 10.9 Å². The molecular weight excluding hydrogens is 370 g/mol. The van der Waals surface area contributed by atoms with E-state index in [9.17, 15) is 4.79 Å². The van der Waals surface area contributed by atoms with E-state index in [-0.39, 0.29) is 5.91 Å². The maximum absolute atomic E-state index is 12.9. The minimum absolute atomic E-state index is 0.131. The number of amides is 1. The van der Waals surface area contributed by atoms with Gasteiger partial charge in [-0.15, -0.1) is 0 Å². The fraction of sp³-hybridized carbons (Fsp3) is 0.269. The average Bonchev–Trinajstić information content (AvgIpc) is 3.22. The zero-order valence-electron chi connectivity index (χ0n) is 17.0. The van der Waals surface area contributed by atoms with Gasteiger partial charge in [0, 0.05) is 42.5 Å². The average molecular weight is 396 g/mol. The van der Waals surface area contributed by atoms with E-state index >= 15 is 0 Å². The van der Waals surface area contributed by atoms with Crippen molar-refractivity contribution in [2.45, 2.75) is 25.7 Å². The van der Waals surface area contributed by atoms with E-state index in [0.29, 0.717) is 5.92 Å². The number of carbonyl (C=O) groups excluding carboxylic acids is 1. The summed E-state index contributed by atoms with van der Waals surface area (Å²) in [5.41, 5.74) is 6.48. The van der Waals surface area contributed by atoms with Crippen molar-refractivity contribution < 1.29 is 4.79 Å². The van der Waals surface area contributed by atoms with Crippen LogP contribution in [0.25, 0.3) is 11.3 Å². The van der Waals surface area contributed by atoms with Crippen molar-refractivity contribution >= 4 is 17.3 Å². The lowest BCUT2D eigenvalue weighted by molar-refractivity contribution is 0.0693. The third kappa shape index (κ3) is 3.90. The Kier molecular flexibility index (Phi) is 5.14.